The Labute approximate surface area is 125 Å². The van der Waals surface area contributed by atoms with Gasteiger partial charge >= 0.3 is 0 Å². The van der Waals surface area contributed by atoms with Gasteiger partial charge in [0.2, 0.25) is 0 Å². The first-order valence-corrected chi connectivity index (χ1v) is 6.36. The Balaban J connectivity index is 2.12. The molecule has 0 unspecified atom stereocenters. The van der Waals surface area contributed by atoms with Crippen molar-refractivity contribution in [3.8, 4) is 6.07 Å². The fraction of sp³-hybridized carbons (Fsp3) is 0. The second-order valence-corrected chi connectivity index (χ2v) is 4.64. The number of hydrogen-bond acceptors (Lipinski definition) is 6. The van der Waals surface area contributed by atoms with E-state index in [0.717, 1.165) is 0 Å². The van der Waals surface area contributed by atoms with Crippen LogP contribution in [0, 0.1) is 11.3 Å². The van der Waals surface area contributed by atoms with Gasteiger partial charge in [-0.3, -0.25) is 0 Å². The largest absolute Gasteiger partial charge is 0.336 e. The third-order valence-electron chi connectivity index (χ3n) is 2.88. The number of nitrogens with one attached hydrogen (secondary N) is 2. The van der Waals surface area contributed by atoms with E-state index in [0.29, 0.717) is 33.6 Å². The van der Waals surface area contributed by atoms with Crippen molar-refractivity contribution in [2.24, 2.45) is 5.84 Å². The fourth-order valence-electron chi connectivity index (χ4n) is 1.93. The zero-order valence-corrected chi connectivity index (χ0v) is 11.5. The number of benzene rings is 1. The molecule has 1 aromatic carbocycles. The number of hydrazine groups is 1. The molecule has 0 saturated heterocycles. The van der Waals surface area contributed by atoms with E-state index in [1.54, 1.807) is 41.2 Å². The Morgan fingerprint density at radius 1 is 1.38 bits per heavy atom. The summed E-state index contributed by atoms with van der Waals surface area (Å²) in [7, 11) is 0. The Bertz CT molecular complexity index is 849. The molecule has 0 atom stereocenters. The summed E-state index contributed by atoms with van der Waals surface area (Å²) in [4.78, 5) is 8.53. The maximum absolute atomic E-state index is 9.15. The second kappa shape index (κ2) is 5.28. The minimum absolute atomic E-state index is 0.456. The van der Waals surface area contributed by atoms with Gasteiger partial charge in [0.15, 0.2) is 17.3 Å². The van der Waals surface area contributed by atoms with E-state index in [1.807, 2.05) is 0 Å². The van der Waals surface area contributed by atoms with E-state index >= 15 is 0 Å². The average molecular weight is 300 g/mol. The molecule has 21 heavy (non-hydrogen) atoms. The molecule has 0 aliphatic heterocycles. The van der Waals surface area contributed by atoms with Gasteiger partial charge in [-0.25, -0.2) is 15.8 Å². The molecule has 0 aliphatic carbocycles. The second-order valence-electron chi connectivity index (χ2n) is 4.20. The summed E-state index contributed by atoms with van der Waals surface area (Å²) in [6, 6.07) is 7.05. The van der Waals surface area contributed by atoms with Gasteiger partial charge in [0.05, 0.1) is 17.4 Å². The molecule has 7 nitrogen and oxygen atoms in total. The predicted molar refractivity (Wildman–Crippen MR) is 80.2 cm³/mol. The first kappa shape index (κ1) is 13.2. The number of fused-ring (bicyclic) bond motifs is 1. The molecule has 4 N–H and O–H groups in total. The summed E-state index contributed by atoms with van der Waals surface area (Å²) in [6.07, 6.45) is 5.12. The van der Waals surface area contributed by atoms with E-state index < -0.39 is 0 Å². The summed E-state index contributed by atoms with van der Waals surface area (Å²) < 4.78 is 1.77. The highest BCUT2D eigenvalue weighted by Gasteiger charge is 2.10. The van der Waals surface area contributed by atoms with Gasteiger partial charge in [-0.05, 0) is 18.2 Å². The molecule has 2 aromatic heterocycles. The zero-order chi connectivity index (χ0) is 14.8. The van der Waals surface area contributed by atoms with E-state index in [2.05, 4.69) is 26.8 Å². The summed E-state index contributed by atoms with van der Waals surface area (Å²) in [5, 5.41) is 12.7. The van der Waals surface area contributed by atoms with E-state index in [9.17, 15) is 0 Å². The van der Waals surface area contributed by atoms with E-state index in [4.69, 9.17) is 22.7 Å². The summed E-state index contributed by atoms with van der Waals surface area (Å²) >= 11 is 5.97. The molecule has 0 amide bonds. The van der Waals surface area contributed by atoms with E-state index in [1.165, 1.54) is 0 Å². The quantitative estimate of drug-likeness (QED) is 0.506. The predicted octanol–water partition coefficient (Wildman–Crippen LogP) is 2.28. The number of nitrogens with zero attached hydrogens (tertiary/aromatic N) is 4. The molecule has 0 bridgehead atoms. The third kappa shape index (κ3) is 2.45. The number of rotatable bonds is 3. The SMILES string of the molecule is N#Cc1ccc(Cl)cc1Nc1nc(NN)cn2ccnc12. The fourth-order valence-corrected chi connectivity index (χ4v) is 2.10. The third-order valence-corrected chi connectivity index (χ3v) is 3.11. The first-order chi connectivity index (χ1) is 10.2. The number of hydrogen-bond donors (Lipinski definition) is 3. The maximum atomic E-state index is 9.15. The Hall–Kier alpha value is -2.82. The van der Waals surface area contributed by atoms with Crippen molar-refractivity contribution >= 4 is 34.6 Å². The highest BCUT2D eigenvalue weighted by atomic mass is 35.5. The number of nitriles is 1. The van der Waals surface area contributed by atoms with Gasteiger partial charge in [-0.15, -0.1) is 0 Å². The van der Waals surface area contributed by atoms with Crippen molar-refractivity contribution in [1.82, 2.24) is 14.4 Å². The molecular weight excluding hydrogens is 290 g/mol. The van der Waals surface area contributed by atoms with Crippen molar-refractivity contribution < 1.29 is 0 Å². The van der Waals surface area contributed by atoms with Crippen molar-refractivity contribution in [2.45, 2.75) is 0 Å². The lowest BCUT2D eigenvalue weighted by Crippen LogP contribution is -2.11. The molecular formula is C13H10ClN7. The molecule has 3 rings (SSSR count). The monoisotopic (exact) mass is 299 g/mol. The molecule has 0 spiro atoms. The number of nitrogen functional groups attached to an aromatic ring is 1. The molecule has 3 aromatic rings. The van der Waals surface area contributed by atoms with Crippen molar-refractivity contribution in [2.75, 3.05) is 10.7 Å². The van der Waals surface area contributed by atoms with Crippen LogP contribution in [-0.2, 0) is 0 Å². The van der Waals surface area contributed by atoms with Crippen LogP contribution in [0.25, 0.3) is 5.65 Å². The Morgan fingerprint density at radius 2 is 2.24 bits per heavy atom. The van der Waals surface area contributed by atoms with Crippen molar-refractivity contribution in [3.63, 3.8) is 0 Å². The number of halogens is 1. The molecule has 104 valence electrons. The lowest BCUT2D eigenvalue weighted by Gasteiger charge is -2.10. The van der Waals surface area contributed by atoms with Gasteiger partial charge < -0.3 is 15.1 Å². The van der Waals surface area contributed by atoms with Crippen LogP contribution in [0.2, 0.25) is 5.02 Å². The van der Waals surface area contributed by atoms with E-state index in [-0.39, 0.29) is 0 Å². The van der Waals surface area contributed by atoms with Crippen LogP contribution in [0.3, 0.4) is 0 Å². The number of aromatic nitrogens is 3. The molecule has 8 heteroatoms. The van der Waals surface area contributed by atoms with Crippen LogP contribution in [0.5, 0.6) is 0 Å². The van der Waals surface area contributed by atoms with Gasteiger partial charge in [0.25, 0.3) is 0 Å². The van der Waals surface area contributed by atoms with Crippen molar-refractivity contribution in [1.29, 1.82) is 5.26 Å². The van der Waals surface area contributed by atoms with Crippen molar-refractivity contribution in [3.05, 3.63) is 47.4 Å². The molecule has 0 saturated carbocycles. The summed E-state index contributed by atoms with van der Waals surface area (Å²) in [6.45, 7) is 0. The lowest BCUT2D eigenvalue weighted by atomic mass is 10.2. The Kier molecular flexibility index (Phi) is 3.31. The highest BCUT2D eigenvalue weighted by Crippen LogP contribution is 2.26. The van der Waals surface area contributed by atoms with Crippen LogP contribution in [0.1, 0.15) is 5.56 Å². The minimum atomic E-state index is 0.456. The van der Waals surface area contributed by atoms with Gasteiger partial charge in [-0.2, -0.15) is 5.26 Å². The van der Waals surface area contributed by atoms with Crippen LogP contribution in [-0.4, -0.2) is 14.4 Å². The first-order valence-electron chi connectivity index (χ1n) is 5.98. The van der Waals surface area contributed by atoms with Crippen LogP contribution in [0.15, 0.2) is 36.8 Å². The summed E-state index contributed by atoms with van der Waals surface area (Å²) in [5.41, 5.74) is 4.10. The van der Waals surface area contributed by atoms with Crippen LogP contribution < -0.4 is 16.6 Å². The molecule has 0 fully saturated rings. The molecule has 0 radical (unpaired) electrons. The van der Waals surface area contributed by atoms with Gasteiger partial charge in [0, 0.05) is 17.4 Å². The maximum Gasteiger partial charge on any atom is 0.180 e. The Morgan fingerprint density at radius 3 is 3.00 bits per heavy atom. The van der Waals surface area contributed by atoms with Gasteiger partial charge in [0.1, 0.15) is 6.07 Å². The number of anilines is 3. The topological polar surface area (TPSA) is 104 Å². The van der Waals surface area contributed by atoms with Gasteiger partial charge in [-0.1, -0.05) is 11.6 Å². The van der Waals surface area contributed by atoms with Crippen LogP contribution in [0.4, 0.5) is 17.3 Å². The smallest absolute Gasteiger partial charge is 0.180 e. The molecule has 0 aliphatic rings. The lowest BCUT2D eigenvalue weighted by molar-refractivity contribution is 1.11. The average Bonchev–Trinajstić information content (AvgIpc) is 2.96. The standard InChI is InChI=1S/C13H10ClN7/c14-9-2-1-8(6-15)10(5-9)18-12-13-17-3-4-21(13)7-11(19-12)20-16/h1-5,7,20H,16H2,(H,18,19). The highest BCUT2D eigenvalue weighted by molar-refractivity contribution is 6.30. The molecule has 2 heterocycles. The summed E-state index contributed by atoms with van der Waals surface area (Å²) in [5.74, 6) is 6.33. The van der Waals surface area contributed by atoms with Crippen LogP contribution >= 0.6 is 11.6 Å². The normalized spacial score (nSPS) is 10.3. The zero-order valence-electron chi connectivity index (χ0n) is 10.7. The number of imidazole rings is 1. The number of nitrogens with two attached hydrogens (primary N) is 1. The minimum Gasteiger partial charge on any atom is -0.336 e.